The van der Waals surface area contributed by atoms with Gasteiger partial charge in [-0.1, -0.05) is 0 Å². The fraction of sp³-hybridized carbons (Fsp3) is 0.615. The number of likely N-dealkylation sites (tertiary alicyclic amines) is 1. The predicted molar refractivity (Wildman–Crippen MR) is 72.5 cm³/mol. The molecule has 0 spiro atoms. The molecule has 1 atom stereocenters. The Kier molecular flexibility index (Phi) is 4.74. The van der Waals surface area contributed by atoms with E-state index >= 15 is 0 Å². The maximum atomic E-state index is 12.1. The Morgan fingerprint density at radius 1 is 1.67 bits per heavy atom. The molecule has 2 heterocycles. The highest BCUT2D eigenvalue weighted by atomic mass is 32.1. The van der Waals surface area contributed by atoms with E-state index in [1.54, 1.807) is 16.2 Å². The van der Waals surface area contributed by atoms with E-state index in [4.69, 9.17) is 0 Å². The van der Waals surface area contributed by atoms with Crippen molar-refractivity contribution in [2.75, 3.05) is 26.7 Å². The van der Waals surface area contributed by atoms with E-state index in [-0.39, 0.29) is 18.6 Å². The average Bonchev–Trinajstić information content (AvgIpc) is 2.99. The first-order valence-electron chi connectivity index (χ1n) is 6.30. The molecule has 1 aliphatic rings. The van der Waals surface area contributed by atoms with E-state index in [2.05, 4.69) is 10.3 Å². The van der Waals surface area contributed by atoms with Gasteiger partial charge in [0.05, 0.1) is 13.2 Å². The van der Waals surface area contributed by atoms with Crippen molar-refractivity contribution in [3.8, 4) is 0 Å². The number of carbonyl (C=O) groups excluding carboxylic acids is 1. The van der Waals surface area contributed by atoms with Crippen molar-refractivity contribution in [3.63, 3.8) is 0 Å². The monoisotopic (exact) mass is 268 g/mol. The van der Waals surface area contributed by atoms with Gasteiger partial charge in [0.1, 0.15) is 0 Å². The van der Waals surface area contributed by atoms with Gasteiger partial charge in [-0.05, 0) is 41.8 Å². The molecule has 0 aliphatic carbocycles. The third kappa shape index (κ3) is 3.31. The lowest BCUT2D eigenvalue weighted by atomic mass is 10.2. The van der Waals surface area contributed by atoms with Gasteiger partial charge < -0.3 is 10.0 Å². The van der Waals surface area contributed by atoms with Crippen molar-refractivity contribution < 1.29 is 9.90 Å². The van der Waals surface area contributed by atoms with Crippen LogP contribution in [0.25, 0.3) is 0 Å². The van der Waals surface area contributed by atoms with E-state index < -0.39 is 0 Å². The fourth-order valence-electron chi connectivity index (χ4n) is 2.35. The minimum atomic E-state index is 0.126. The molecule has 1 aromatic rings. The van der Waals surface area contributed by atoms with Crippen LogP contribution in [0.4, 0.5) is 0 Å². The Morgan fingerprint density at radius 2 is 2.50 bits per heavy atom. The maximum Gasteiger partial charge on any atom is 0.236 e. The summed E-state index contributed by atoms with van der Waals surface area (Å²) in [5.41, 5.74) is 1.18. The first-order chi connectivity index (χ1) is 8.70. The highest BCUT2D eigenvalue weighted by Gasteiger charge is 2.26. The smallest absolute Gasteiger partial charge is 0.236 e. The van der Waals surface area contributed by atoms with E-state index in [9.17, 15) is 9.90 Å². The van der Waals surface area contributed by atoms with Gasteiger partial charge in [-0.25, -0.2) is 0 Å². The number of thiophene rings is 1. The van der Waals surface area contributed by atoms with Crippen LogP contribution in [0.5, 0.6) is 0 Å². The fourth-order valence-corrected chi connectivity index (χ4v) is 3.01. The zero-order valence-corrected chi connectivity index (χ0v) is 11.5. The third-order valence-corrected chi connectivity index (χ3v) is 4.21. The summed E-state index contributed by atoms with van der Waals surface area (Å²) in [6.07, 6.45) is 2.07. The van der Waals surface area contributed by atoms with E-state index in [0.717, 1.165) is 19.4 Å². The summed E-state index contributed by atoms with van der Waals surface area (Å²) in [5.74, 6) is 0.126. The van der Waals surface area contributed by atoms with Crippen molar-refractivity contribution >= 4 is 17.2 Å². The molecule has 0 saturated carbocycles. The molecule has 1 fully saturated rings. The van der Waals surface area contributed by atoms with Gasteiger partial charge in [-0.15, -0.1) is 0 Å². The number of likely N-dealkylation sites (N-methyl/N-ethyl adjacent to an activating group) is 1. The lowest BCUT2D eigenvalue weighted by Gasteiger charge is -2.25. The van der Waals surface area contributed by atoms with Crippen molar-refractivity contribution in [2.45, 2.75) is 25.4 Å². The van der Waals surface area contributed by atoms with Crippen LogP contribution < -0.4 is 0 Å². The minimum absolute atomic E-state index is 0.126. The Hall–Kier alpha value is -0.910. The first kappa shape index (κ1) is 13.5. The van der Waals surface area contributed by atoms with Crippen LogP contribution in [0.3, 0.4) is 0 Å². The minimum Gasteiger partial charge on any atom is -0.395 e. The Bertz CT molecular complexity index is 380. The molecule has 0 unspecified atom stereocenters. The van der Waals surface area contributed by atoms with Crippen molar-refractivity contribution in [1.29, 1.82) is 0 Å². The molecule has 1 aromatic heterocycles. The topological polar surface area (TPSA) is 43.8 Å². The van der Waals surface area contributed by atoms with Crippen LogP contribution in [0.2, 0.25) is 0 Å². The second-order valence-corrected chi connectivity index (χ2v) is 5.61. The Morgan fingerprint density at radius 3 is 3.17 bits per heavy atom. The standard InChI is InChI=1S/C13H20N2O2S/c1-14(7-11-4-6-18-10-11)13(17)8-15-5-2-3-12(15)9-16/h4,6,10,12,16H,2-3,5,7-9H2,1H3/t12-/m1/s1. The second-order valence-electron chi connectivity index (χ2n) is 4.83. The molecule has 0 bridgehead atoms. The second kappa shape index (κ2) is 6.31. The van der Waals surface area contributed by atoms with Crippen LogP contribution in [0, 0.1) is 0 Å². The quantitative estimate of drug-likeness (QED) is 0.871. The van der Waals surface area contributed by atoms with Crippen molar-refractivity contribution in [2.24, 2.45) is 0 Å². The number of rotatable bonds is 5. The molecule has 4 nitrogen and oxygen atoms in total. The molecule has 0 aromatic carbocycles. The van der Waals surface area contributed by atoms with Gasteiger partial charge in [-0.3, -0.25) is 9.69 Å². The lowest BCUT2D eigenvalue weighted by molar-refractivity contribution is -0.132. The number of aliphatic hydroxyl groups is 1. The summed E-state index contributed by atoms with van der Waals surface area (Å²) >= 11 is 1.65. The SMILES string of the molecule is CN(Cc1ccsc1)C(=O)CN1CCC[C@@H]1CO. The number of hydrogen-bond acceptors (Lipinski definition) is 4. The van der Waals surface area contributed by atoms with Crippen LogP contribution in [-0.2, 0) is 11.3 Å². The van der Waals surface area contributed by atoms with Gasteiger partial charge in [0, 0.05) is 19.6 Å². The molecule has 1 amide bonds. The number of amides is 1. The molecule has 5 heteroatoms. The number of nitrogens with zero attached hydrogens (tertiary/aromatic N) is 2. The zero-order valence-electron chi connectivity index (χ0n) is 10.7. The Labute approximate surface area is 112 Å². The van der Waals surface area contributed by atoms with Crippen LogP contribution in [0.15, 0.2) is 16.8 Å². The first-order valence-corrected chi connectivity index (χ1v) is 7.25. The summed E-state index contributed by atoms with van der Waals surface area (Å²) in [6.45, 7) is 2.16. The molecule has 18 heavy (non-hydrogen) atoms. The normalized spacial score (nSPS) is 20.2. The highest BCUT2D eigenvalue weighted by Crippen LogP contribution is 2.16. The highest BCUT2D eigenvalue weighted by molar-refractivity contribution is 7.07. The summed E-state index contributed by atoms with van der Waals surface area (Å²) in [7, 11) is 1.84. The largest absolute Gasteiger partial charge is 0.395 e. The van der Waals surface area contributed by atoms with Gasteiger partial charge in [0.15, 0.2) is 0 Å². The van der Waals surface area contributed by atoms with Gasteiger partial charge in [-0.2, -0.15) is 11.3 Å². The summed E-state index contributed by atoms with van der Waals surface area (Å²) in [4.78, 5) is 15.9. The summed E-state index contributed by atoms with van der Waals surface area (Å²) in [6, 6.07) is 2.21. The molecular weight excluding hydrogens is 248 g/mol. The van der Waals surface area contributed by atoms with E-state index in [1.807, 2.05) is 18.5 Å². The summed E-state index contributed by atoms with van der Waals surface area (Å²) < 4.78 is 0. The van der Waals surface area contributed by atoms with E-state index in [1.165, 1.54) is 5.56 Å². The number of carbonyl (C=O) groups is 1. The molecule has 2 rings (SSSR count). The summed E-state index contributed by atoms with van der Waals surface area (Å²) in [5, 5.41) is 13.3. The zero-order chi connectivity index (χ0) is 13.0. The van der Waals surface area contributed by atoms with E-state index in [0.29, 0.717) is 13.1 Å². The van der Waals surface area contributed by atoms with Crippen molar-refractivity contribution in [3.05, 3.63) is 22.4 Å². The lowest BCUT2D eigenvalue weighted by Crippen LogP contribution is -2.41. The van der Waals surface area contributed by atoms with Gasteiger partial charge >= 0.3 is 0 Å². The molecule has 1 N–H and O–H groups in total. The van der Waals surface area contributed by atoms with Crippen LogP contribution >= 0.6 is 11.3 Å². The molecular formula is C13H20N2O2S. The molecule has 1 saturated heterocycles. The molecule has 100 valence electrons. The molecule has 1 aliphatic heterocycles. The van der Waals surface area contributed by atoms with Crippen LogP contribution in [0.1, 0.15) is 18.4 Å². The number of hydrogen-bond donors (Lipinski definition) is 1. The van der Waals surface area contributed by atoms with Crippen LogP contribution in [-0.4, -0.2) is 53.6 Å². The van der Waals surface area contributed by atoms with Crippen molar-refractivity contribution in [1.82, 2.24) is 9.80 Å². The third-order valence-electron chi connectivity index (χ3n) is 3.47. The predicted octanol–water partition coefficient (Wildman–Crippen LogP) is 1.16. The maximum absolute atomic E-state index is 12.1. The van der Waals surface area contributed by atoms with Gasteiger partial charge in [0.2, 0.25) is 5.91 Å². The number of aliphatic hydroxyl groups excluding tert-OH is 1. The average molecular weight is 268 g/mol. The molecule has 0 radical (unpaired) electrons. The Balaban J connectivity index is 1.83. The van der Waals surface area contributed by atoms with Gasteiger partial charge in [0.25, 0.3) is 0 Å².